The average molecular weight is 361 g/mol. The van der Waals surface area contributed by atoms with Crippen LogP contribution in [0.3, 0.4) is 0 Å². The normalized spacial score (nSPS) is 11.9. The maximum Gasteiger partial charge on any atom is 0.308 e. The van der Waals surface area contributed by atoms with E-state index in [-0.39, 0.29) is 30.7 Å². The van der Waals surface area contributed by atoms with Gasteiger partial charge in [0, 0.05) is 12.8 Å². The number of carbonyl (C=O) groups is 2. The largest absolute Gasteiger partial charge is 0.497 e. The summed E-state index contributed by atoms with van der Waals surface area (Å²) in [6.07, 6.45) is -0.0168. The molecule has 26 heavy (non-hydrogen) atoms. The first-order valence-electron chi connectivity index (χ1n) is 8.28. The summed E-state index contributed by atoms with van der Waals surface area (Å²) < 4.78 is 15.3. The van der Waals surface area contributed by atoms with Crippen molar-refractivity contribution in [1.29, 1.82) is 0 Å². The number of benzene rings is 1. The highest BCUT2D eigenvalue weighted by molar-refractivity contribution is 5.76. The highest BCUT2D eigenvalue weighted by Gasteiger charge is 2.19. The molecule has 1 aromatic heterocycles. The monoisotopic (exact) mass is 361 g/mol. The fourth-order valence-corrected chi connectivity index (χ4v) is 2.26. The summed E-state index contributed by atoms with van der Waals surface area (Å²) in [5, 5.41) is 6.56. The van der Waals surface area contributed by atoms with Crippen LogP contribution < -0.4 is 10.1 Å². The van der Waals surface area contributed by atoms with E-state index in [1.165, 1.54) is 6.92 Å². The maximum absolute atomic E-state index is 12.2. The minimum absolute atomic E-state index is 0.0168. The number of nitrogens with one attached hydrogen (secondary N) is 1. The Kier molecular flexibility index (Phi) is 6.71. The molecule has 1 amide bonds. The second-order valence-electron chi connectivity index (χ2n) is 6.09. The van der Waals surface area contributed by atoms with E-state index in [2.05, 4.69) is 15.5 Å². The van der Waals surface area contributed by atoms with E-state index in [0.717, 1.165) is 5.56 Å². The van der Waals surface area contributed by atoms with Crippen LogP contribution in [-0.4, -0.2) is 29.1 Å². The molecule has 1 unspecified atom stereocenters. The molecule has 0 aliphatic carbocycles. The zero-order valence-corrected chi connectivity index (χ0v) is 15.3. The highest BCUT2D eigenvalue weighted by Crippen LogP contribution is 2.21. The Morgan fingerprint density at radius 1 is 1.23 bits per heavy atom. The maximum atomic E-state index is 12.2. The van der Waals surface area contributed by atoms with E-state index in [1.54, 1.807) is 31.4 Å². The van der Waals surface area contributed by atoms with Gasteiger partial charge in [0.1, 0.15) is 5.75 Å². The van der Waals surface area contributed by atoms with Crippen LogP contribution in [0.25, 0.3) is 0 Å². The third-order valence-corrected chi connectivity index (χ3v) is 3.62. The lowest BCUT2D eigenvalue weighted by molar-refractivity contribution is -0.146. The van der Waals surface area contributed by atoms with Crippen LogP contribution in [0.1, 0.15) is 56.4 Å². The fraction of sp³-hybridized carbons (Fsp3) is 0.444. The summed E-state index contributed by atoms with van der Waals surface area (Å²) in [5.41, 5.74) is 0.776. The molecule has 2 rings (SSSR count). The molecule has 0 bridgehead atoms. The van der Waals surface area contributed by atoms with Gasteiger partial charge < -0.3 is 19.3 Å². The van der Waals surface area contributed by atoms with Gasteiger partial charge in [-0.15, -0.1) is 0 Å². The van der Waals surface area contributed by atoms with E-state index in [0.29, 0.717) is 11.6 Å². The molecule has 0 saturated carbocycles. The van der Waals surface area contributed by atoms with Crippen LogP contribution in [-0.2, 0) is 20.9 Å². The van der Waals surface area contributed by atoms with Gasteiger partial charge in [-0.2, -0.15) is 4.98 Å². The van der Waals surface area contributed by atoms with Crippen molar-refractivity contribution >= 4 is 11.9 Å². The molecule has 1 atom stereocenters. The van der Waals surface area contributed by atoms with Gasteiger partial charge in [-0.05, 0) is 17.7 Å². The number of esters is 1. The lowest BCUT2D eigenvalue weighted by atomic mass is 10.0. The molecule has 0 spiro atoms. The SMILES string of the molecule is COc1ccc(C(CC(=O)OCc2nc(C(C)C)no2)NC(C)=O)cc1. The fourth-order valence-electron chi connectivity index (χ4n) is 2.26. The third kappa shape index (κ3) is 5.58. The van der Waals surface area contributed by atoms with Crippen molar-refractivity contribution in [3.8, 4) is 5.75 Å². The molecule has 1 N–H and O–H groups in total. The Hall–Kier alpha value is -2.90. The van der Waals surface area contributed by atoms with Crippen molar-refractivity contribution < 1.29 is 23.6 Å². The smallest absolute Gasteiger partial charge is 0.308 e. The standard InChI is InChI=1S/C18H23N3O5/c1-11(2)18-20-16(26-21-18)10-25-17(23)9-15(19-12(3)22)13-5-7-14(24-4)8-6-13/h5-8,11,15H,9-10H2,1-4H3,(H,19,22). The Balaban J connectivity index is 1.97. The zero-order valence-electron chi connectivity index (χ0n) is 15.3. The van der Waals surface area contributed by atoms with Crippen LogP contribution in [0, 0.1) is 0 Å². The van der Waals surface area contributed by atoms with E-state index < -0.39 is 12.0 Å². The van der Waals surface area contributed by atoms with Gasteiger partial charge in [-0.1, -0.05) is 31.1 Å². The summed E-state index contributed by atoms with van der Waals surface area (Å²) in [5.74, 6) is 0.895. The zero-order chi connectivity index (χ0) is 19.1. The van der Waals surface area contributed by atoms with Crippen molar-refractivity contribution in [3.63, 3.8) is 0 Å². The van der Waals surface area contributed by atoms with Gasteiger partial charge in [0.25, 0.3) is 5.89 Å². The first kappa shape index (κ1) is 19.4. The lowest BCUT2D eigenvalue weighted by Crippen LogP contribution is -2.28. The number of aromatic nitrogens is 2. The predicted molar refractivity (Wildman–Crippen MR) is 92.4 cm³/mol. The van der Waals surface area contributed by atoms with Gasteiger partial charge in [0.05, 0.1) is 19.6 Å². The number of nitrogens with zero attached hydrogens (tertiary/aromatic N) is 2. The molecule has 0 radical (unpaired) electrons. The number of methoxy groups -OCH3 is 1. The summed E-state index contributed by atoms with van der Waals surface area (Å²) >= 11 is 0. The van der Waals surface area contributed by atoms with Crippen molar-refractivity contribution in [2.75, 3.05) is 7.11 Å². The van der Waals surface area contributed by atoms with Crippen LogP contribution in [0.4, 0.5) is 0 Å². The Bertz CT molecular complexity index is 740. The van der Waals surface area contributed by atoms with E-state index in [9.17, 15) is 9.59 Å². The van der Waals surface area contributed by atoms with Crippen molar-refractivity contribution in [2.24, 2.45) is 0 Å². The molecule has 0 aliphatic heterocycles. The average Bonchev–Trinajstić information content (AvgIpc) is 3.08. The Labute approximate surface area is 151 Å². The minimum Gasteiger partial charge on any atom is -0.497 e. The molecule has 0 saturated heterocycles. The highest BCUT2D eigenvalue weighted by atomic mass is 16.6. The van der Waals surface area contributed by atoms with Gasteiger partial charge in [-0.3, -0.25) is 9.59 Å². The number of hydrogen-bond acceptors (Lipinski definition) is 7. The quantitative estimate of drug-likeness (QED) is 0.720. The first-order valence-corrected chi connectivity index (χ1v) is 8.28. The summed E-state index contributed by atoms with van der Waals surface area (Å²) in [7, 11) is 1.57. The second-order valence-corrected chi connectivity index (χ2v) is 6.09. The molecule has 1 aromatic carbocycles. The predicted octanol–water partition coefficient (Wildman–Crippen LogP) is 2.51. The van der Waals surface area contributed by atoms with Crippen molar-refractivity contribution in [1.82, 2.24) is 15.5 Å². The van der Waals surface area contributed by atoms with Gasteiger partial charge in [0.2, 0.25) is 5.91 Å². The van der Waals surface area contributed by atoms with E-state index >= 15 is 0 Å². The summed E-state index contributed by atoms with van der Waals surface area (Å²) in [6.45, 7) is 5.17. The Morgan fingerprint density at radius 3 is 2.46 bits per heavy atom. The molecule has 0 fully saturated rings. The molecule has 8 heteroatoms. The van der Waals surface area contributed by atoms with Crippen molar-refractivity contribution in [2.45, 2.75) is 45.8 Å². The number of amides is 1. The van der Waals surface area contributed by atoms with Crippen LogP contribution in [0.5, 0.6) is 5.75 Å². The molecule has 140 valence electrons. The number of hydrogen-bond donors (Lipinski definition) is 1. The van der Waals surface area contributed by atoms with Crippen molar-refractivity contribution in [3.05, 3.63) is 41.5 Å². The van der Waals surface area contributed by atoms with Crippen LogP contribution >= 0.6 is 0 Å². The second kappa shape index (κ2) is 8.98. The van der Waals surface area contributed by atoms with Gasteiger partial charge in [-0.25, -0.2) is 0 Å². The molecule has 2 aromatic rings. The minimum atomic E-state index is -0.500. The molecule has 8 nitrogen and oxygen atoms in total. The number of rotatable bonds is 8. The van der Waals surface area contributed by atoms with Gasteiger partial charge >= 0.3 is 5.97 Å². The topological polar surface area (TPSA) is 104 Å². The van der Waals surface area contributed by atoms with E-state index in [4.69, 9.17) is 14.0 Å². The van der Waals surface area contributed by atoms with Crippen LogP contribution in [0.2, 0.25) is 0 Å². The summed E-state index contributed by atoms with van der Waals surface area (Å²) in [4.78, 5) is 27.8. The number of ether oxygens (including phenoxy) is 2. The number of carbonyl (C=O) groups excluding carboxylic acids is 2. The Morgan fingerprint density at radius 2 is 1.92 bits per heavy atom. The molecular weight excluding hydrogens is 338 g/mol. The lowest BCUT2D eigenvalue weighted by Gasteiger charge is -2.17. The first-order chi connectivity index (χ1) is 12.4. The van der Waals surface area contributed by atoms with E-state index in [1.807, 2.05) is 13.8 Å². The molecule has 1 heterocycles. The summed E-state index contributed by atoms with van der Waals surface area (Å²) in [6, 6.07) is 6.61. The van der Waals surface area contributed by atoms with Gasteiger partial charge in [0.15, 0.2) is 12.4 Å². The third-order valence-electron chi connectivity index (χ3n) is 3.62. The molecule has 0 aliphatic rings. The van der Waals surface area contributed by atoms with Crippen LogP contribution in [0.15, 0.2) is 28.8 Å². The molecular formula is C18H23N3O5.